The molecular weight excluding hydrogens is 357 g/mol. The maximum Gasteiger partial charge on any atom is 0.405 e. The number of alkyl halides is 3. The van der Waals surface area contributed by atoms with Crippen LogP contribution in [0.4, 0.5) is 18.9 Å². The molecule has 1 amide bonds. The fourth-order valence-corrected chi connectivity index (χ4v) is 3.26. The van der Waals surface area contributed by atoms with Gasteiger partial charge in [-0.05, 0) is 30.3 Å². The highest BCUT2D eigenvalue weighted by Gasteiger charge is 2.28. The zero-order valence-electron chi connectivity index (χ0n) is 13.1. The second-order valence-corrected chi connectivity index (χ2v) is 7.10. The highest BCUT2D eigenvalue weighted by Crippen LogP contribution is 2.22. The summed E-state index contributed by atoms with van der Waals surface area (Å²) in [7, 11) is -2.61. The van der Waals surface area contributed by atoms with Crippen molar-refractivity contribution in [3.05, 3.63) is 60.2 Å². The molecule has 0 aliphatic heterocycles. The molecule has 2 rings (SSSR count). The standard InChI is InChI=1S/C16H15F3N2O3S/c1-21(13-7-3-2-4-8-13)25(23,24)14-9-5-6-12(10-14)15(22)20-11-16(17,18)19/h2-10H,11H2,1H3,(H,20,22). The van der Waals surface area contributed by atoms with Crippen LogP contribution in [0.2, 0.25) is 0 Å². The average Bonchev–Trinajstić information content (AvgIpc) is 2.59. The quantitative estimate of drug-likeness (QED) is 0.878. The van der Waals surface area contributed by atoms with E-state index in [1.807, 2.05) is 0 Å². The van der Waals surface area contributed by atoms with Crippen LogP contribution >= 0.6 is 0 Å². The first-order valence-electron chi connectivity index (χ1n) is 7.10. The van der Waals surface area contributed by atoms with Crippen molar-refractivity contribution in [1.29, 1.82) is 0 Å². The number of hydrogen-bond acceptors (Lipinski definition) is 3. The average molecular weight is 372 g/mol. The Morgan fingerprint density at radius 1 is 1.08 bits per heavy atom. The van der Waals surface area contributed by atoms with Gasteiger partial charge in [0.25, 0.3) is 15.9 Å². The molecule has 0 heterocycles. The lowest BCUT2D eigenvalue weighted by atomic mass is 10.2. The summed E-state index contributed by atoms with van der Waals surface area (Å²) in [5, 5.41) is 1.71. The molecule has 2 aromatic rings. The number of para-hydroxylation sites is 1. The van der Waals surface area contributed by atoms with Crippen molar-refractivity contribution in [2.45, 2.75) is 11.1 Å². The molecule has 2 aromatic carbocycles. The van der Waals surface area contributed by atoms with Crippen LogP contribution in [0.25, 0.3) is 0 Å². The highest BCUT2D eigenvalue weighted by atomic mass is 32.2. The van der Waals surface area contributed by atoms with Crippen molar-refractivity contribution >= 4 is 21.6 Å². The van der Waals surface area contributed by atoms with E-state index in [2.05, 4.69) is 0 Å². The summed E-state index contributed by atoms with van der Waals surface area (Å²) in [5.41, 5.74) is 0.237. The lowest BCUT2D eigenvalue weighted by Crippen LogP contribution is -2.34. The summed E-state index contributed by atoms with van der Waals surface area (Å²) >= 11 is 0. The zero-order chi connectivity index (χ0) is 18.7. The number of carbonyl (C=O) groups excluding carboxylic acids is 1. The molecule has 0 unspecified atom stereocenters. The number of carbonyl (C=O) groups is 1. The fraction of sp³-hybridized carbons (Fsp3) is 0.188. The van der Waals surface area contributed by atoms with Crippen molar-refractivity contribution < 1.29 is 26.4 Å². The molecule has 0 bridgehead atoms. The fourth-order valence-electron chi connectivity index (χ4n) is 2.02. The maximum absolute atomic E-state index is 12.6. The Balaban J connectivity index is 2.27. The Morgan fingerprint density at radius 3 is 2.32 bits per heavy atom. The SMILES string of the molecule is CN(c1ccccc1)S(=O)(=O)c1cccc(C(=O)NCC(F)(F)F)c1. The molecule has 5 nitrogen and oxygen atoms in total. The van der Waals surface area contributed by atoms with Crippen molar-refractivity contribution in [3.8, 4) is 0 Å². The zero-order valence-corrected chi connectivity index (χ0v) is 13.9. The minimum Gasteiger partial charge on any atom is -0.343 e. The lowest BCUT2D eigenvalue weighted by Gasteiger charge is -2.19. The van der Waals surface area contributed by atoms with Crippen molar-refractivity contribution in [2.75, 3.05) is 17.9 Å². The summed E-state index contributed by atoms with van der Waals surface area (Å²) in [6.45, 7) is -1.49. The first-order chi connectivity index (χ1) is 11.6. The van der Waals surface area contributed by atoms with Gasteiger partial charge < -0.3 is 5.32 Å². The van der Waals surface area contributed by atoms with E-state index in [0.717, 1.165) is 10.4 Å². The Hall–Kier alpha value is -2.55. The van der Waals surface area contributed by atoms with Gasteiger partial charge in [0, 0.05) is 12.6 Å². The second kappa shape index (κ2) is 7.14. The van der Waals surface area contributed by atoms with E-state index in [4.69, 9.17) is 0 Å². The number of nitrogens with zero attached hydrogens (tertiary/aromatic N) is 1. The van der Waals surface area contributed by atoms with Crippen LogP contribution in [0.3, 0.4) is 0 Å². The molecule has 0 atom stereocenters. The van der Waals surface area contributed by atoms with E-state index >= 15 is 0 Å². The summed E-state index contributed by atoms with van der Waals surface area (Å²) in [5.74, 6) is -1.00. The molecular formula is C16H15F3N2O3S. The Bertz CT molecular complexity index is 852. The molecule has 0 aliphatic carbocycles. The summed E-state index contributed by atoms with van der Waals surface area (Å²) in [6, 6.07) is 13.1. The lowest BCUT2D eigenvalue weighted by molar-refractivity contribution is -0.123. The smallest absolute Gasteiger partial charge is 0.343 e. The molecule has 25 heavy (non-hydrogen) atoms. The molecule has 0 fully saturated rings. The van der Waals surface area contributed by atoms with Crippen LogP contribution in [0, 0.1) is 0 Å². The number of amides is 1. The third-order valence-corrected chi connectivity index (χ3v) is 5.11. The number of nitrogens with one attached hydrogen (secondary N) is 1. The number of benzene rings is 2. The van der Waals surface area contributed by atoms with Crippen LogP contribution in [-0.2, 0) is 10.0 Å². The predicted octanol–water partition coefficient (Wildman–Crippen LogP) is 2.80. The van der Waals surface area contributed by atoms with Gasteiger partial charge in [-0.15, -0.1) is 0 Å². The van der Waals surface area contributed by atoms with E-state index < -0.39 is 28.7 Å². The summed E-state index contributed by atoms with van der Waals surface area (Å²) in [6.07, 6.45) is -4.55. The van der Waals surface area contributed by atoms with Gasteiger partial charge in [0.2, 0.25) is 0 Å². The van der Waals surface area contributed by atoms with E-state index in [9.17, 15) is 26.4 Å². The first kappa shape index (κ1) is 18.8. The van der Waals surface area contributed by atoms with Gasteiger partial charge in [0.15, 0.2) is 0 Å². The van der Waals surface area contributed by atoms with Gasteiger partial charge in [-0.2, -0.15) is 13.2 Å². The minimum atomic E-state index is -4.55. The van der Waals surface area contributed by atoms with Gasteiger partial charge in [-0.25, -0.2) is 8.42 Å². The van der Waals surface area contributed by atoms with Gasteiger partial charge >= 0.3 is 6.18 Å². The van der Waals surface area contributed by atoms with Crippen LogP contribution in [0.15, 0.2) is 59.5 Å². The van der Waals surface area contributed by atoms with E-state index in [-0.39, 0.29) is 10.5 Å². The van der Waals surface area contributed by atoms with E-state index in [1.54, 1.807) is 35.6 Å². The molecule has 0 saturated carbocycles. The Morgan fingerprint density at radius 2 is 1.72 bits per heavy atom. The van der Waals surface area contributed by atoms with Crippen molar-refractivity contribution in [3.63, 3.8) is 0 Å². The molecule has 9 heteroatoms. The molecule has 134 valence electrons. The van der Waals surface area contributed by atoms with E-state index in [1.165, 1.54) is 25.2 Å². The third kappa shape index (κ3) is 4.72. The third-order valence-electron chi connectivity index (χ3n) is 3.32. The molecule has 0 aliphatic rings. The number of hydrogen-bond donors (Lipinski definition) is 1. The molecule has 0 radical (unpaired) electrons. The Labute approximate surface area is 143 Å². The Kier molecular flexibility index (Phi) is 5.36. The number of anilines is 1. The number of sulfonamides is 1. The molecule has 0 spiro atoms. The van der Waals surface area contributed by atoms with Gasteiger partial charge in [0.05, 0.1) is 10.6 Å². The predicted molar refractivity (Wildman–Crippen MR) is 86.9 cm³/mol. The molecule has 0 saturated heterocycles. The van der Waals surface area contributed by atoms with Gasteiger partial charge in [-0.1, -0.05) is 24.3 Å². The maximum atomic E-state index is 12.6. The van der Waals surface area contributed by atoms with Crippen LogP contribution in [0.5, 0.6) is 0 Å². The van der Waals surface area contributed by atoms with Crippen molar-refractivity contribution in [2.24, 2.45) is 0 Å². The van der Waals surface area contributed by atoms with Crippen LogP contribution < -0.4 is 9.62 Å². The summed E-state index contributed by atoms with van der Waals surface area (Å²) < 4.78 is 62.8. The monoisotopic (exact) mass is 372 g/mol. The van der Waals surface area contributed by atoms with Gasteiger partial charge in [0.1, 0.15) is 6.54 Å². The largest absolute Gasteiger partial charge is 0.405 e. The van der Waals surface area contributed by atoms with Crippen LogP contribution in [0.1, 0.15) is 10.4 Å². The normalized spacial score (nSPS) is 11.8. The second-order valence-electron chi connectivity index (χ2n) is 5.13. The topological polar surface area (TPSA) is 66.5 Å². The molecule has 0 aromatic heterocycles. The van der Waals surface area contributed by atoms with Crippen LogP contribution in [-0.4, -0.2) is 34.1 Å². The molecule has 1 N–H and O–H groups in total. The van der Waals surface area contributed by atoms with Crippen molar-refractivity contribution in [1.82, 2.24) is 5.32 Å². The summed E-state index contributed by atoms with van der Waals surface area (Å²) in [4.78, 5) is 11.6. The minimum absolute atomic E-state index is 0.174. The number of rotatable bonds is 5. The first-order valence-corrected chi connectivity index (χ1v) is 8.54. The van der Waals surface area contributed by atoms with E-state index in [0.29, 0.717) is 5.69 Å². The highest BCUT2D eigenvalue weighted by molar-refractivity contribution is 7.92. The number of halogens is 3. The van der Waals surface area contributed by atoms with Gasteiger partial charge in [-0.3, -0.25) is 9.10 Å².